The maximum Gasteiger partial charge on any atom is 0.240 e. The number of benzene rings is 1. The molecule has 1 N–H and O–H groups in total. The molecule has 1 aromatic carbocycles. The summed E-state index contributed by atoms with van der Waals surface area (Å²) in [6.07, 6.45) is 9.18. The van der Waals surface area contributed by atoms with E-state index in [0.29, 0.717) is 23.7 Å². The lowest BCUT2D eigenvalue weighted by Crippen LogP contribution is -2.35. The zero-order valence-electron chi connectivity index (χ0n) is 14.0. The van der Waals surface area contributed by atoms with Crippen molar-refractivity contribution in [3.63, 3.8) is 0 Å². The number of rotatable bonds is 3. The SMILES string of the molecule is O=S(=O)(NC1CCCCCCC1)c1ccc2c(c1)-c1oncc1CO2. The number of ether oxygens (including phenoxy) is 1. The first-order chi connectivity index (χ1) is 12.1. The monoisotopic (exact) mass is 362 g/mol. The summed E-state index contributed by atoms with van der Waals surface area (Å²) in [5, 5.41) is 3.79. The molecule has 1 aromatic heterocycles. The average Bonchev–Trinajstić information content (AvgIpc) is 3.06. The van der Waals surface area contributed by atoms with E-state index in [2.05, 4.69) is 9.88 Å². The molecular formula is C18H22N2O4S. The third-order valence-corrected chi connectivity index (χ3v) is 6.48. The number of nitrogens with one attached hydrogen (secondary N) is 1. The molecule has 0 bridgehead atoms. The van der Waals surface area contributed by atoms with Gasteiger partial charge in [-0.05, 0) is 31.0 Å². The van der Waals surface area contributed by atoms with Crippen molar-refractivity contribution >= 4 is 10.0 Å². The zero-order valence-corrected chi connectivity index (χ0v) is 14.8. The van der Waals surface area contributed by atoms with Crippen LogP contribution in [0.4, 0.5) is 0 Å². The van der Waals surface area contributed by atoms with Crippen LogP contribution in [0.2, 0.25) is 0 Å². The Morgan fingerprint density at radius 2 is 1.84 bits per heavy atom. The molecule has 1 fully saturated rings. The van der Waals surface area contributed by atoms with Gasteiger partial charge in [0.15, 0.2) is 5.76 Å². The first kappa shape index (κ1) is 16.6. The van der Waals surface area contributed by atoms with Crippen LogP contribution in [0.15, 0.2) is 33.8 Å². The van der Waals surface area contributed by atoms with Gasteiger partial charge in [0.05, 0.1) is 22.2 Å². The van der Waals surface area contributed by atoms with Crippen molar-refractivity contribution in [3.8, 4) is 17.1 Å². The van der Waals surface area contributed by atoms with Crippen LogP contribution in [0, 0.1) is 0 Å². The highest BCUT2D eigenvalue weighted by Crippen LogP contribution is 2.38. The van der Waals surface area contributed by atoms with Crippen molar-refractivity contribution in [2.24, 2.45) is 0 Å². The van der Waals surface area contributed by atoms with E-state index in [1.165, 1.54) is 19.3 Å². The van der Waals surface area contributed by atoms with Crippen molar-refractivity contribution in [1.29, 1.82) is 0 Å². The molecule has 0 radical (unpaired) electrons. The first-order valence-corrected chi connectivity index (χ1v) is 10.3. The Hall–Kier alpha value is -1.86. The molecule has 0 atom stereocenters. The van der Waals surface area contributed by atoms with Crippen molar-refractivity contribution in [2.45, 2.75) is 62.5 Å². The Bertz CT molecular complexity index is 852. The van der Waals surface area contributed by atoms with Gasteiger partial charge in [0, 0.05) is 6.04 Å². The highest BCUT2D eigenvalue weighted by molar-refractivity contribution is 7.89. The molecule has 7 heteroatoms. The lowest BCUT2D eigenvalue weighted by Gasteiger charge is -2.22. The van der Waals surface area contributed by atoms with Gasteiger partial charge in [0.2, 0.25) is 10.0 Å². The summed E-state index contributed by atoms with van der Waals surface area (Å²) >= 11 is 0. The van der Waals surface area contributed by atoms with Gasteiger partial charge < -0.3 is 9.26 Å². The minimum atomic E-state index is -3.57. The Morgan fingerprint density at radius 1 is 1.08 bits per heavy atom. The summed E-state index contributed by atoms with van der Waals surface area (Å²) in [5.41, 5.74) is 1.47. The molecular weight excluding hydrogens is 340 g/mol. The molecule has 0 unspecified atom stereocenters. The van der Waals surface area contributed by atoms with E-state index >= 15 is 0 Å². The fraction of sp³-hybridized carbons (Fsp3) is 0.500. The van der Waals surface area contributed by atoms with E-state index in [-0.39, 0.29) is 10.9 Å². The topological polar surface area (TPSA) is 81.4 Å². The molecule has 1 aliphatic carbocycles. The minimum absolute atomic E-state index is 0.0124. The van der Waals surface area contributed by atoms with E-state index in [4.69, 9.17) is 9.26 Å². The lowest BCUT2D eigenvalue weighted by atomic mass is 9.97. The molecule has 0 amide bonds. The Kier molecular flexibility index (Phi) is 4.52. The van der Waals surface area contributed by atoms with E-state index in [0.717, 1.165) is 31.2 Å². The summed E-state index contributed by atoms with van der Waals surface area (Å²) in [6.45, 7) is 0.387. The van der Waals surface area contributed by atoms with Gasteiger partial charge in [-0.15, -0.1) is 0 Å². The highest BCUT2D eigenvalue weighted by Gasteiger charge is 2.26. The summed E-state index contributed by atoms with van der Waals surface area (Å²) in [7, 11) is -3.57. The van der Waals surface area contributed by atoms with Crippen molar-refractivity contribution in [1.82, 2.24) is 9.88 Å². The third-order valence-electron chi connectivity index (χ3n) is 4.96. The fourth-order valence-corrected chi connectivity index (χ4v) is 4.91. The number of sulfonamides is 1. The predicted molar refractivity (Wildman–Crippen MR) is 92.7 cm³/mol. The number of hydrogen-bond donors (Lipinski definition) is 1. The fourth-order valence-electron chi connectivity index (χ4n) is 3.58. The summed E-state index contributed by atoms with van der Waals surface area (Å²) < 4.78 is 39.5. The molecule has 2 aliphatic rings. The van der Waals surface area contributed by atoms with Crippen molar-refractivity contribution < 1.29 is 17.7 Å². The zero-order chi connectivity index (χ0) is 17.3. The average molecular weight is 362 g/mol. The molecule has 6 nitrogen and oxygen atoms in total. The van der Waals surface area contributed by atoms with Crippen LogP contribution in [0.5, 0.6) is 5.75 Å². The van der Waals surface area contributed by atoms with Gasteiger partial charge in [-0.25, -0.2) is 13.1 Å². The van der Waals surface area contributed by atoms with Crippen LogP contribution in [-0.2, 0) is 16.6 Å². The molecule has 0 saturated heterocycles. The Labute approximate surface area is 147 Å². The molecule has 1 aliphatic heterocycles. The van der Waals surface area contributed by atoms with E-state index in [1.54, 1.807) is 24.4 Å². The van der Waals surface area contributed by atoms with Crippen LogP contribution in [-0.4, -0.2) is 19.6 Å². The standard InChI is InChI=1S/C18H22N2O4S/c21-25(22,20-14-6-4-2-1-3-5-7-14)15-8-9-17-16(10-15)18-13(12-23-17)11-19-24-18/h8-11,14,20H,1-7,12H2. The van der Waals surface area contributed by atoms with Gasteiger partial charge in [-0.2, -0.15) is 0 Å². The Morgan fingerprint density at radius 3 is 2.64 bits per heavy atom. The summed E-state index contributed by atoms with van der Waals surface area (Å²) in [6, 6.07) is 4.90. The molecule has 1 saturated carbocycles. The van der Waals surface area contributed by atoms with Crippen molar-refractivity contribution in [2.75, 3.05) is 0 Å². The van der Waals surface area contributed by atoms with Gasteiger partial charge in [0.1, 0.15) is 12.4 Å². The van der Waals surface area contributed by atoms with Gasteiger partial charge in [-0.3, -0.25) is 0 Å². The highest BCUT2D eigenvalue weighted by atomic mass is 32.2. The normalized spacial score (nSPS) is 18.6. The molecule has 4 rings (SSSR count). The molecule has 2 aromatic rings. The van der Waals surface area contributed by atoms with Crippen molar-refractivity contribution in [3.05, 3.63) is 30.0 Å². The molecule has 134 valence electrons. The molecule has 25 heavy (non-hydrogen) atoms. The van der Waals surface area contributed by atoms with Crippen LogP contribution in [0.1, 0.15) is 50.5 Å². The number of nitrogens with zero attached hydrogens (tertiary/aromatic N) is 1. The third kappa shape index (κ3) is 3.43. The predicted octanol–water partition coefficient (Wildman–Crippen LogP) is 3.63. The molecule has 2 heterocycles. The minimum Gasteiger partial charge on any atom is -0.488 e. The molecule has 0 spiro atoms. The summed E-state index contributed by atoms with van der Waals surface area (Å²) in [5.74, 6) is 1.21. The smallest absolute Gasteiger partial charge is 0.240 e. The maximum atomic E-state index is 12.8. The second kappa shape index (κ2) is 6.80. The van der Waals surface area contributed by atoms with Gasteiger partial charge in [-0.1, -0.05) is 37.3 Å². The van der Waals surface area contributed by atoms with Crippen LogP contribution >= 0.6 is 0 Å². The second-order valence-electron chi connectivity index (χ2n) is 6.79. The van der Waals surface area contributed by atoms with E-state index in [9.17, 15) is 8.42 Å². The van der Waals surface area contributed by atoms with E-state index < -0.39 is 10.0 Å². The second-order valence-corrected chi connectivity index (χ2v) is 8.50. The van der Waals surface area contributed by atoms with Crippen LogP contribution < -0.4 is 9.46 Å². The first-order valence-electron chi connectivity index (χ1n) is 8.86. The van der Waals surface area contributed by atoms with Gasteiger partial charge in [0.25, 0.3) is 0 Å². The maximum absolute atomic E-state index is 12.8. The lowest BCUT2D eigenvalue weighted by molar-refractivity contribution is 0.297. The van der Waals surface area contributed by atoms with Gasteiger partial charge >= 0.3 is 0 Å². The quantitative estimate of drug-likeness (QED) is 0.902. The van der Waals surface area contributed by atoms with Crippen LogP contribution in [0.25, 0.3) is 11.3 Å². The van der Waals surface area contributed by atoms with E-state index in [1.807, 2.05) is 0 Å². The number of hydrogen-bond acceptors (Lipinski definition) is 5. The Balaban J connectivity index is 1.60. The number of fused-ring (bicyclic) bond motifs is 3. The summed E-state index contributed by atoms with van der Waals surface area (Å²) in [4.78, 5) is 0.237. The number of aromatic nitrogens is 1. The van der Waals surface area contributed by atoms with Crippen LogP contribution in [0.3, 0.4) is 0 Å². The largest absolute Gasteiger partial charge is 0.488 e.